The average molecular weight is 324 g/mol. The topological polar surface area (TPSA) is 130 Å². The molecule has 3 N–H and O–H groups in total. The molecule has 1 aromatic carbocycles. The Morgan fingerprint density at radius 3 is 2.26 bits per heavy atom. The second-order valence-corrected chi connectivity index (χ2v) is 5.67. The van der Waals surface area contributed by atoms with E-state index in [0.29, 0.717) is 5.56 Å². The van der Waals surface area contributed by atoms with Gasteiger partial charge in [0.05, 0.1) is 4.92 Å². The van der Waals surface area contributed by atoms with Gasteiger partial charge in [-0.3, -0.25) is 14.9 Å². The lowest BCUT2D eigenvalue weighted by atomic mass is 10.0. The number of aliphatic hydroxyl groups excluding tert-OH is 1. The van der Waals surface area contributed by atoms with Crippen molar-refractivity contribution in [2.75, 3.05) is 0 Å². The summed E-state index contributed by atoms with van der Waals surface area (Å²) in [6, 6.07) is 4.19. The molecule has 1 aromatic rings. The van der Waals surface area contributed by atoms with Crippen LogP contribution in [0, 0.1) is 16.0 Å². The summed E-state index contributed by atoms with van der Waals surface area (Å²) in [6.07, 6.45) is -1.07. The van der Waals surface area contributed by atoms with Crippen LogP contribution in [0.3, 0.4) is 0 Å². The number of carboxylic acid groups (broad SMARTS) is 1. The number of carboxylic acids is 1. The molecule has 0 aliphatic carbocycles. The fourth-order valence-electron chi connectivity index (χ4n) is 2.01. The first-order valence-corrected chi connectivity index (χ1v) is 7.15. The first kappa shape index (κ1) is 18.6. The van der Waals surface area contributed by atoms with Crippen molar-refractivity contribution in [3.05, 3.63) is 39.9 Å². The first-order valence-electron chi connectivity index (χ1n) is 7.15. The Morgan fingerprint density at radius 1 is 1.26 bits per heavy atom. The Balaban J connectivity index is 2.73. The minimum Gasteiger partial charge on any atom is -0.480 e. The van der Waals surface area contributed by atoms with Crippen LogP contribution in [0.5, 0.6) is 0 Å². The van der Waals surface area contributed by atoms with E-state index in [4.69, 9.17) is 0 Å². The van der Waals surface area contributed by atoms with Crippen molar-refractivity contribution < 1.29 is 24.7 Å². The molecule has 8 nitrogen and oxygen atoms in total. The van der Waals surface area contributed by atoms with Crippen LogP contribution in [0.25, 0.3) is 0 Å². The summed E-state index contributed by atoms with van der Waals surface area (Å²) in [5.74, 6) is -1.89. The van der Waals surface area contributed by atoms with Gasteiger partial charge in [0.25, 0.3) is 5.69 Å². The van der Waals surface area contributed by atoms with E-state index in [1.807, 2.05) is 13.8 Å². The molecule has 0 aliphatic heterocycles. The number of aliphatic carboxylic acids is 1. The summed E-state index contributed by atoms with van der Waals surface area (Å²) < 4.78 is 0. The molecule has 0 fully saturated rings. The van der Waals surface area contributed by atoms with E-state index in [1.54, 1.807) is 0 Å². The molecule has 1 amide bonds. The highest BCUT2D eigenvalue weighted by Crippen LogP contribution is 2.13. The zero-order chi connectivity index (χ0) is 17.6. The monoisotopic (exact) mass is 324 g/mol. The summed E-state index contributed by atoms with van der Waals surface area (Å²) in [6.45, 7) is 3.67. The van der Waals surface area contributed by atoms with E-state index in [2.05, 4.69) is 5.32 Å². The Bertz CT molecular complexity index is 570. The number of non-ortho nitro benzene ring substituents is 1. The van der Waals surface area contributed by atoms with Gasteiger partial charge in [-0.2, -0.15) is 0 Å². The van der Waals surface area contributed by atoms with Crippen molar-refractivity contribution in [3.63, 3.8) is 0 Å². The van der Waals surface area contributed by atoms with Crippen molar-refractivity contribution in [2.24, 2.45) is 5.92 Å². The number of hydrogen-bond donors (Lipinski definition) is 3. The lowest BCUT2D eigenvalue weighted by molar-refractivity contribution is -0.384. The summed E-state index contributed by atoms with van der Waals surface area (Å²) in [5, 5.41) is 31.8. The Labute approximate surface area is 133 Å². The van der Waals surface area contributed by atoms with Gasteiger partial charge in [0.1, 0.15) is 12.1 Å². The molecule has 0 heterocycles. The van der Waals surface area contributed by atoms with E-state index in [0.717, 1.165) is 0 Å². The lowest BCUT2D eigenvalue weighted by Crippen LogP contribution is -2.46. The molecule has 0 unspecified atom stereocenters. The van der Waals surface area contributed by atoms with Crippen LogP contribution < -0.4 is 5.32 Å². The number of nitrogens with one attached hydrogen (secondary N) is 1. The molecule has 2 atom stereocenters. The van der Waals surface area contributed by atoms with Crippen LogP contribution in [0.1, 0.15) is 25.8 Å². The summed E-state index contributed by atoms with van der Waals surface area (Å²) >= 11 is 0. The number of hydrogen-bond acceptors (Lipinski definition) is 5. The third-order valence-corrected chi connectivity index (χ3v) is 3.20. The highest BCUT2D eigenvalue weighted by molar-refractivity contribution is 5.86. The number of benzene rings is 1. The van der Waals surface area contributed by atoms with E-state index in [1.165, 1.54) is 24.3 Å². The Morgan fingerprint density at radius 2 is 1.83 bits per heavy atom. The normalized spacial score (nSPS) is 13.4. The summed E-state index contributed by atoms with van der Waals surface area (Å²) in [7, 11) is 0. The van der Waals surface area contributed by atoms with E-state index in [-0.39, 0.29) is 24.4 Å². The van der Waals surface area contributed by atoms with Gasteiger partial charge in [-0.05, 0) is 17.9 Å². The average Bonchev–Trinajstić information content (AvgIpc) is 2.46. The van der Waals surface area contributed by atoms with Crippen molar-refractivity contribution in [1.29, 1.82) is 0 Å². The minimum atomic E-state index is -1.27. The number of aliphatic hydroxyl groups is 1. The molecule has 0 aliphatic rings. The maximum absolute atomic E-state index is 11.8. The largest absolute Gasteiger partial charge is 0.480 e. The van der Waals surface area contributed by atoms with Crippen molar-refractivity contribution >= 4 is 17.6 Å². The van der Waals surface area contributed by atoms with Gasteiger partial charge in [-0.15, -0.1) is 0 Å². The number of nitrogens with zero attached hydrogens (tertiary/aromatic N) is 1. The van der Waals surface area contributed by atoms with Gasteiger partial charge in [0, 0.05) is 18.6 Å². The van der Waals surface area contributed by atoms with E-state index >= 15 is 0 Å². The van der Waals surface area contributed by atoms with Crippen molar-refractivity contribution in [1.82, 2.24) is 5.32 Å². The Kier molecular flexibility index (Phi) is 6.65. The molecule has 0 radical (unpaired) electrons. The molecule has 126 valence electrons. The number of amides is 1. The molecule has 0 saturated heterocycles. The highest BCUT2D eigenvalue weighted by atomic mass is 16.6. The SMILES string of the molecule is CC(C)C[C@@H](O)C(=O)N[C@@H](Cc1ccc([N+](=O)[O-])cc1)C(=O)O. The maximum Gasteiger partial charge on any atom is 0.326 e. The molecule has 0 aromatic heterocycles. The number of rotatable bonds is 8. The molecular weight excluding hydrogens is 304 g/mol. The van der Waals surface area contributed by atoms with Crippen LogP contribution in [0.4, 0.5) is 5.69 Å². The maximum atomic E-state index is 11.8. The fourth-order valence-corrected chi connectivity index (χ4v) is 2.01. The number of carbonyl (C=O) groups is 2. The lowest BCUT2D eigenvalue weighted by Gasteiger charge is -2.18. The number of nitro groups is 1. The third-order valence-electron chi connectivity index (χ3n) is 3.20. The van der Waals surface area contributed by atoms with Gasteiger partial charge in [0.15, 0.2) is 0 Å². The standard InChI is InChI=1S/C15H20N2O6/c1-9(2)7-13(18)14(19)16-12(15(20)21)8-10-3-5-11(6-4-10)17(22)23/h3-6,9,12-13,18H,7-8H2,1-2H3,(H,16,19)(H,20,21)/t12-,13+/m0/s1. The molecule has 23 heavy (non-hydrogen) atoms. The molecule has 8 heteroatoms. The second kappa shape index (κ2) is 8.23. The van der Waals surface area contributed by atoms with Gasteiger partial charge < -0.3 is 15.5 Å². The smallest absolute Gasteiger partial charge is 0.326 e. The predicted molar refractivity (Wildman–Crippen MR) is 81.8 cm³/mol. The number of nitro benzene ring substituents is 1. The summed E-state index contributed by atoms with van der Waals surface area (Å²) in [4.78, 5) is 33.1. The predicted octanol–water partition coefficient (Wildman–Crippen LogP) is 1.11. The highest BCUT2D eigenvalue weighted by Gasteiger charge is 2.24. The first-order chi connectivity index (χ1) is 10.7. The van der Waals surface area contributed by atoms with Crippen LogP contribution in [-0.2, 0) is 16.0 Å². The summed E-state index contributed by atoms with van der Waals surface area (Å²) in [5.41, 5.74) is 0.429. The van der Waals surface area contributed by atoms with E-state index in [9.17, 15) is 29.9 Å². The third kappa shape index (κ3) is 6.03. The molecule has 0 bridgehead atoms. The zero-order valence-corrected chi connectivity index (χ0v) is 12.9. The van der Waals surface area contributed by atoms with Crippen molar-refractivity contribution in [3.8, 4) is 0 Å². The van der Waals surface area contributed by atoms with Crippen LogP contribution in [0.2, 0.25) is 0 Å². The quantitative estimate of drug-likeness (QED) is 0.485. The van der Waals surface area contributed by atoms with Crippen LogP contribution >= 0.6 is 0 Å². The minimum absolute atomic E-state index is 0.0343. The molecule has 0 spiro atoms. The molecule has 1 rings (SSSR count). The van der Waals surface area contributed by atoms with Gasteiger partial charge in [-0.1, -0.05) is 26.0 Å². The van der Waals surface area contributed by atoms with Gasteiger partial charge >= 0.3 is 5.97 Å². The molecule has 0 saturated carbocycles. The second-order valence-electron chi connectivity index (χ2n) is 5.67. The zero-order valence-electron chi connectivity index (χ0n) is 12.9. The fraction of sp³-hybridized carbons (Fsp3) is 0.467. The van der Waals surface area contributed by atoms with E-state index < -0.39 is 28.9 Å². The van der Waals surface area contributed by atoms with Gasteiger partial charge in [-0.25, -0.2) is 4.79 Å². The van der Waals surface area contributed by atoms with Crippen LogP contribution in [0.15, 0.2) is 24.3 Å². The number of carbonyl (C=O) groups excluding carboxylic acids is 1. The van der Waals surface area contributed by atoms with Gasteiger partial charge in [0.2, 0.25) is 5.91 Å². The van der Waals surface area contributed by atoms with Crippen LogP contribution in [-0.4, -0.2) is 39.2 Å². The Hall–Kier alpha value is -2.48. The van der Waals surface area contributed by atoms with Crippen molar-refractivity contribution in [2.45, 2.75) is 38.8 Å². The molecular formula is C15H20N2O6.